The zero-order chi connectivity index (χ0) is 11.8. The highest BCUT2D eigenvalue weighted by Gasteiger charge is 2.21. The molecule has 0 unspecified atom stereocenters. The van der Waals surface area contributed by atoms with E-state index < -0.39 is 0 Å². The fourth-order valence-electron chi connectivity index (χ4n) is 2.17. The average molecular weight is 215 g/mol. The normalized spacial score (nSPS) is 23.9. The standard InChI is InChI=1S/C15H21N/c1-12-5-6-13(2)16(12)11-14-7-9-15(3,4)10-8-14/h7-9H,1-2,5-6,10-11H2,3-4H3. The third-order valence-electron chi connectivity index (χ3n) is 3.45. The molecule has 1 aliphatic heterocycles. The first-order chi connectivity index (χ1) is 7.48. The molecule has 0 aromatic heterocycles. The van der Waals surface area contributed by atoms with Crippen molar-refractivity contribution in [3.8, 4) is 0 Å². The van der Waals surface area contributed by atoms with Crippen LogP contribution in [0.3, 0.4) is 0 Å². The van der Waals surface area contributed by atoms with Crippen LogP contribution in [0.25, 0.3) is 0 Å². The SMILES string of the molecule is C=C1CCC(=C)N1CC1=CCC(C)(C)C=C1. The Labute approximate surface area is 98.8 Å². The fraction of sp³-hybridized carbons (Fsp3) is 0.467. The molecule has 0 amide bonds. The minimum Gasteiger partial charge on any atom is -0.345 e. The Kier molecular flexibility index (Phi) is 2.79. The lowest BCUT2D eigenvalue weighted by atomic mass is 9.84. The summed E-state index contributed by atoms with van der Waals surface area (Å²) in [4.78, 5) is 2.26. The van der Waals surface area contributed by atoms with Crippen LogP contribution in [-0.2, 0) is 0 Å². The maximum Gasteiger partial charge on any atom is 0.0471 e. The number of allylic oxidation sites excluding steroid dienone is 4. The average Bonchev–Trinajstić information content (AvgIpc) is 2.52. The molecule has 2 rings (SSSR count). The Morgan fingerprint density at radius 2 is 1.88 bits per heavy atom. The minimum atomic E-state index is 0.322. The van der Waals surface area contributed by atoms with Crippen LogP contribution in [0, 0.1) is 5.41 Å². The van der Waals surface area contributed by atoms with Crippen LogP contribution >= 0.6 is 0 Å². The quantitative estimate of drug-likeness (QED) is 0.672. The van der Waals surface area contributed by atoms with Gasteiger partial charge in [-0.15, -0.1) is 0 Å². The Bertz CT molecular complexity index is 366. The van der Waals surface area contributed by atoms with Crippen LogP contribution in [-0.4, -0.2) is 11.4 Å². The molecule has 2 aliphatic rings. The van der Waals surface area contributed by atoms with E-state index in [2.05, 4.69) is 50.1 Å². The molecule has 16 heavy (non-hydrogen) atoms. The van der Waals surface area contributed by atoms with Gasteiger partial charge in [-0.05, 0) is 30.3 Å². The van der Waals surface area contributed by atoms with Crippen LogP contribution in [0.2, 0.25) is 0 Å². The molecule has 1 heteroatoms. The second-order valence-electron chi connectivity index (χ2n) is 5.52. The molecule has 0 spiro atoms. The monoisotopic (exact) mass is 215 g/mol. The van der Waals surface area contributed by atoms with E-state index in [0.29, 0.717) is 5.41 Å². The van der Waals surface area contributed by atoms with Gasteiger partial charge >= 0.3 is 0 Å². The van der Waals surface area contributed by atoms with Crippen molar-refractivity contribution in [1.82, 2.24) is 4.90 Å². The van der Waals surface area contributed by atoms with Gasteiger partial charge < -0.3 is 4.90 Å². The zero-order valence-electron chi connectivity index (χ0n) is 10.4. The van der Waals surface area contributed by atoms with E-state index in [1.54, 1.807) is 0 Å². The summed E-state index contributed by atoms with van der Waals surface area (Å²) in [7, 11) is 0. The van der Waals surface area contributed by atoms with Crippen LogP contribution in [0.4, 0.5) is 0 Å². The van der Waals surface area contributed by atoms with Gasteiger partial charge in [-0.3, -0.25) is 0 Å². The molecule has 0 aromatic carbocycles. The third-order valence-corrected chi connectivity index (χ3v) is 3.45. The van der Waals surface area contributed by atoms with Gasteiger partial charge in [0, 0.05) is 17.9 Å². The molecule has 1 aliphatic carbocycles. The first-order valence-corrected chi connectivity index (χ1v) is 5.99. The van der Waals surface area contributed by atoms with Gasteiger partial charge in [0.2, 0.25) is 0 Å². The van der Waals surface area contributed by atoms with Crippen molar-refractivity contribution in [3.05, 3.63) is 48.4 Å². The summed E-state index contributed by atoms with van der Waals surface area (Å²) in [6.07, 6.45) is 10.2. The van der Waals surface area contributed by atoms with E-state index in [0.717, 1.165) is 25.8 Å². The number of likely N-dealkylation sites (tertiary alicyclic amines) is 1. The number of nitrogens with zero attached hydrogens (tertiary/aromatic N) is 1. The van der Waals surface area contributed by atoms with E-state index in [1.807, 2.05) is 0 Å². The number of rotatable bonds is 2. The van der Waals surface area contributed by atoms with Crippen molar-refractivity contribution in [1.29, 1.82) is 0 Å². The second-order valence-corrected chi connectivity index (χ2v) is 5.52. The van der Waals surface area contributed by atoms with E-state index in [4.69, 9.17) is 0 Å². The van der Waals surface area contributed by atoms with Gasteiger partial charge in [0.25, 0.3) is 0 Å². The highest BCUT2D eigenvalue weighted by atomic mass is 15.2. The van der Waals surface area contributed by atoms with Crippen molar-refractivity contribution >= 4 is 0 Å². The Morgan fingerprint density at radius 1 is 1.25 bits per heavy atom. The maximum atomic E-state index is 4.09. The molecule has 1 fully saturated rings. The summed E-state index contributed by atoms with van der Waals surface area (Å²) in [6, 6.07) is 0. The predicted octanol–water partition coefficient (Wildman–Crippen LogP) is 4.02. The van der Waals surface area contributed by atoms with Crippen molar-refractivity contribution in [2.24, 2.45) is 5.41 Å². The van der Waals surface area contributed by atoms with Gasteiger partial charge in [-0.2, -0.15) is 0 Å². The lowest BCUT2D eigenvalue weighted by Gasteiger charge is -2.26. The molecule has 0 bridgehead atoms. The third kappa shape index (κ3) is 2.29. The summed E-state index contributed by atoms with van der Waals surface area (Å²) in [5.41, 5.74) is 4.14. The molecule has 0 N–H and O–H groups in total. The highest BCUT2D eigenvalue weighted by Crippen LogP contribution is 2.32. The summed E-state index contributed by atoms with van der Waals surface area (Å²) < 4.78 is 0. The van der Waals surface area contributed by atoms with Gasteiger partial charge in [0.15, 0.2) is 0 Å². The molecule has 1 heterocycles. The predicted molar refractivity (Wildman–Crippen MR) is 69.8 cm³/mol. The van der Waals surface area contributed by atoms with Crippen molar-refractivity contribution < 1.29 is 0 Å². The first-order valence-electron chi connectivity index (χ1n) is 5.99. The molecule has 86 valence electrons. The second kappa shape index (κ2) is 3.97. The Balaban J connectivity index is 2.02. The molecule has 0 aromatic rings. The number of hydrogen-bond acceptors (Lipinski definition) is 1. The van der Waals surface area contributed by atoms with Crippen LogP contribution in [0.5, 0.6) is 0 Å². The number of hydrogen-bond donors (Lipinski definition) is 0. The van der Waals surface area contributed by atoms with Gasteiger partial charge in [-0.1, -0.05) is 45.2 Å². The van der Waals surface area contributed by atoms with Crippen LogP contribution in [0.15, 0.2) is 48.4 Å². The van der Waals surface area contributed by atoms with Crippen molar-refractivity contribution in [2.75, 3.05) is 6.54 Å². The van der Waals surface area contributed by atoms with Gasteiger partial charge in [0.1, 0.15) is 0 Å². The fourth-order valence-corrected chi connectivity index (χ4v) is 2.17. The lowest BCUT2D eigenvalue weighted by molar-refractivity contribution is 0.466. The molecule has 0 radical (unpaired) electrons. The van der Waals surface area contributed by atoms with Crippen molar-refractivity contribution in [2.45, 2.75) is 33.1 Å². The summed E-state index contributed by atoms with van der Waals surface area (Å²) in [5, 5.41) is 0. The lowest BCUT2D eigenvalue weighted by Crippen LogP contribution is -2.20. The Hall–Kier alpha value is -1.24. The molecular weight excluding hydrogens is 194 g/mol. The van der Waals surface area contributed by atoms with Crippen LogP contribution < -0.4 is 0 Å². The summed E-state index contributed by atoms with van der Waals surface area (Å²) >= 11 is 0. The van der Waals surface area contributed by atoms with Gasteiger partial charge in [-0.25, -0.2) is 0 Å². The Morgan fingerprint density at radius 3 is 2.38 bits per heavy atom. The molecular formula is C15H21N. The largest absolute Gasteiger partial charge is 0.345 e. The molecule has 0 saturated carbocycles. The van der Waals surface area contributed by atoms with Crippen LogP contribution in [0.1, 0.15) is 33.1 Å². The minimum absolute atomic E-state index is 0.322. The molecule has 1 saturated heterocycles. The first kappa shape index (κ1) is 11.3. The van der Waals surface area contributed by atoms with E-state index in [1.165, 1.54) is 17.0 Å². The topological polar surface area (TPSA) is 3.24 Å². The molecule has 1 nitrogen and oxygen atoms in total. The smallest absolute Gasteiger partial charge is 0.0471 e. The van der Waals surface area contributed by atoms with Gasteiger partial charge in [0.05, 0.1) is 0 Å². The van der Waals surface area contributed by atoms with E-state index in [-0.39, 0.29) is 0 Å². The van der Waals surface area contributed by atoms with Crippen molar-refractivity contribution in [3.63, 3.8) is 0 Å². The van der Waals surface area contributed by atoms with E-state index in [9.17, 15) is 0 Å². The summed E-state index contributed by atoms with van der Waals surface area (Å²) in [6.45, 7) is 13.7. The maximum absolute atomic E-state index is 4.09. The zero-order valence-corrected chi connectivity index (χ0v) is 10.4. The highest BCUT2D eigenvalue weighted by molar-refractivity contribution is 5.30. The molecule has 0 atom stereocenters. The van der Waals surface area contributed by atoms with E-state index >= 15 is 0 Å². The summed E-state index contributed by atoms with van der Waals surface area (Å²) in [5.74, 6) is 0.